The van der Waals surface area contributed by atoms with Crippen LogP contribution in [-0.2, 0) is 0 Å². The van der Waals surface area contributed by atoms with Crippen LogP contribution in [0.1, 0.15) is 6.92 Å². The minimum absolute atomic E-state index is 0.567. The molecule has 0 amide bonds. The van der Waals surface area contributed by atoms with Gasteiger partial charge in [0.1, 0.15) is 10.3 Å². The summed E-state index contributed by atoms with van der Waals surface area (Å²) in [7, 11) is 0. The number of nitrogens with zero attached hydrogens (tertiary/aromatic N) is 2. The first kappa shape index (κ1) is 13.4. The second-order valence-electron chi connectivity index (χ2n) is 3.51. The molecule has 0 bridgehead atoms. The van der Waals surface area contributed by atoms with Crippen molar-refractivity contribution >= 4 is 27.7 Å². The highest BCUT2D eigenvalue weighted by molar-refractivity contribution is 9.10. The van der Waals surface area contributed by atoms with Crippen molar-refractivity contribution < 1.29 is 4.74 Å². The Balaban J connectivity index is 2.43. The van der Waals surface area contributed by atoms with Crippen LogP contribution >= 0.6 is 27.7 Å². The maximum atomic E-state index is 5.50. The zero-order valence-corrected chi connectivity index (χ0v) is 12.6. The van der Waals surface area contributed by atoms with E-state index in [9.17, 15) is 0 Å². The van der Waals surface area contributed by atoms with E-state index in [1.165, 1.54) is 4.90 Å². The van der Waals surface area contributed by atoms with Crippen LogP contribution in [-0.4, -0.2) is 22.8 Å². The molecule has 1 heterocycles. The molecule has 0 aliphatic carbocycles. The lowest BCUT2D eigenvalue weighted by molar-refractivity contribution is 0.327. The van der Waals surface area contributed by atoms with Gasteiger partial charge in [0.15, 0.2) is 0 Å². The van der Waals surface area contributed by atoms with Crippen LogP contribution in [0.4, 0.5) is 0 Å². The third-order valence-corrected chi connectivity index (χ3v) is 3.48. The average Bonchev–Trinajstić information content (AvgIpc) is 2.41. The van der Waals surface area contributed by atoms with Crippen LogP contribution < -0.4 is 4.74 Å². The highest BCUT2D eigenvalue weighted by atomic mass is 79.9. The Hall–Kier alpha value is -1.07. The van der Waals surface area contributed by atoms with Gasteiger partial charge in [-0.2, -0.15) is 0 Å². The average molecular weight is 325 g/mol. The molecule has 0 spiro atoms. The summed E-state index contributed by atoms with van der Waals surface area (Å²) < 4.78 is 6.21. The molecule has 2 aromatic rings. The molecule has 0 radical (unpaired) electrons. The van der Waals surface area contributed by atoms with Crippen molar-refractivity contribution in [1.82, 2.24) is 9.97 Å². The monoisotopic (exact) mass is 324 g/mol. The van der Waals surface area contributed by atoms with Crippen LogP contribution in [0.25, 0.3) is 11.3 Å². The van der Waals surface area contributed by atoms with Crippen molar-refractivity contribution in [2.75, 3.05) is 12.9 Å². The normalized spacial score (nSPS) is 10.4. The second-order valence-corrected chi connectivity index (χ2v) is 5.20. The summed E-state index contributed by atoms with van der Waals surface area (Å²) in [5.41, 5.74) is 1.77. The van der Waals surface area contributed by atoms with E-state index in [2.05, 4.69) is 44.3 Å². The SMILES string of the molecule is CCOc1ncc(Br)nc1-c1ccc(SC)cc1. The van der Waals surface area contributed by atoms with Crippen molar-refractivity contribution in [2.45, 2.75) is 11.8 Å². The fraction of sp³-hybridized carbons (Fsp3) is 0.231. The molecule has 0 fully saturated rings. The van der Waals surface area contributed by atoms with Crippen LogP contribution in [0, 0.1) is 0 Å². The third-order valence-electron chi connectivity index (χ3n) is 2.35. The van der Waals surface area contributed by atoms with Gasteiger partial charge < -0.3 is 4.74 Å². The third kappa shape index (κ3) is 3.03. The molecule has 0 saturated heterocycles. The van der Waals surface area contributed by atoms with Crippen LogP contribution in [0.5, 0.6) is 5.88 Å². The van der Waals surface area contributed by atoms with Gasteiger partial charge in [0.2, 0.25) is 5.88 Å². The van der Waals surface area contributed by atoms with E-state index in [-0.39, 0.29) is 0 Å². The van der Waals surface area contributed by atoms with Gasteiger partial charge in [-0.3, -0.25) is 0 Å². The Morgan fingerprint density at radius 3 is 2.61 bits per heavy atom. The number of benzene rings is 1. The second kappa shape index (κ2) is 6.20. The van der Waals surface area contributed by atoms with Crippen LogP contribution in [0.15, 0.2) is 40.0 Å². The highest BCUT2D eigenvalue weighted by Gasteiger charge is 2.10. The van der Waals surface area contributed by atoms with Gasteiger partial charge in [-0.1, -0.05) is 12.1 Å². The zero-order chi connectivity index (χ0) is 13.0. The van der Waals surface area contributed by atoms with Gasteiger partial charge in [0.25, 0.3) is 0 Å². The van der Waals surface area contributed by atoms with E-state index in [0.29, 0.717) is 17.1 Å². The fourth-order valence-corrected chi connectivity index (χ4v) is 2.22. The van der Waals surface area contributed by atoms with Crippen molar-refractivity contribution in [3.05, 3.63) is 35.1 Å². The lowest BCUT2D eigenvalue weighted by atomic mass is 10.1. The Kier molecular flexibility index (Phi) is 4.60. The van der Waals surface area contributed by atoms with E-state index in [1.54, 1.807) is 18.0 Å². The summed E-state index contributed by atoms with van der Waals surface area (Å²) in [6.45, 7) is 2.51. The van der Waals surface area contributed by atoms with Gasteiger partial charge in [-0.15, -0.1) is 11.8 Å². The summed E-state index contributed by atoms with van der Waals surface area (Å²) >= 11 is 5.05. The number of halogens is 1. The number of rotatable bonds is 4. The summed E-state index contributed by atoms with van der Waals surface area (Å²) in [6.07, 6.45) is 3.70. The summed E-state index contributed by atoms with van der Waals surface area (Å²) in [5, 5.41) is 0. The van der Waals surface area contributed by atoms with E-state index in [1.807, 2.05) is 19.1 Å². The summed E-state index contributed by atoms with van der Waals surface area (Å²) in [4.78, 5) is 9.91. The first-order valence-corrected chi connectivity index (χ1v) is 7.56. The maximum Gasteiger partial charge on any atom is 0.240 e. The molecule has 0 unspecified atom stereocenters. The first-order chi connectivity index (χ1) is 8.74. The Morgan fingerprint density at radius 2 is 2.00 bits per heavy atom. The standard InChI is InChI=1S/C13H13BrN2OS/c1-3-17-13-12(16-11(14)8-15-13)9-4-6-10(18-2)7-5-9/h4-8H,3H2,1-2H3. The number of aromatic nitrogens is 2. The number of hydrogen-bond acceptors (Lipinski definition) is 4. The molecule has 18 heavy (non-hydrogen) atoms. The van der Waals surface area contributed by atoms with E-state index in [0.717, 1.165) is 11.3 Å². The fourth-order valence-electron chi connectivity index (χ4n) is 1.54. The quantitative estimate of drug-likeness (QED) is 0.795. The van der Waals surface area contributed by atoms with Gasteiger partial charge >= 0.3 is 0 Å². The Labute approximate surface area is 119 Å². The number of thioether (sulfide) groups is 1. The van der Waals surface area contributed by atoms with Crippen LogP contribution in [0.2, 0.25) is 0 Å². The number of hydrogen-bond donors (Lipinski definition) is 0. The van der Waals surface area contributed by atoms with E-state index >= 15 is 0 Å². The van der Waals surface area contributed by atoms with Gasteiger partial charge in [0, 0.05) is 10.5 Å². The van der Waals surface area contributed by atoms with Crippen molar-refractivity contribution in [3.8, 4) is 17.1 Å². The molecule has 3 nitrogen and oxygen atoms in total. The maximum absolute atomic E-state index is 5.50. The van der Waals surface area contributed by atoms with E-state index in [4.69, 9.17) is 4.74 Å². The minimum atomic E-state index is 0.567. The predicted molar refractivity (Wildman–Crippen MR) is 78.1 cm³/mol. The van der Waals surface area contributed by atoms with Crippen molar-refractivity contribution in [1.29, 1.82) is 0 Å². The predicted octanol–water partition coefficient (Wildman–Crippen LogP) is 4.03. The molecular formula is C13H13BrN2OS. The van der Waals surface area contributed by atoms with Gasteiger partial charge in [-0.25, -0.2) is 9.97 Å². The highest BCUT2D eigenvalue weighted by Crippen LogP contribution is 2.28. The molecule has 0 aliphatic heterocycles. The van der Waals surface area contributed by atoms with Crippen LogP contribution in [0.3, 0.4) is 0 Å². The molecule has 0 N–H and O–H groups in total. The Bertz CT molecular complexity index is 531. The molecule has 0 aliphatic rings. The topological polar surface area (TPSA) is 35.0 Å². The molecular weight excluding hydrogens is 312 g/mol. The number of ether oxygens (including phenoxy) is 1. The molecule has 94 valence electrons. The summed E-state index contributed by atoms with van der Waals surface area (Å²) in [5.74, 6) is 0.567. The molecule has 1 aromatic heterocycles. The largest absolute Gasteiger partial charge is 0.476 e. The van der Waals surface area contributed by atoms with Gasteiger partial charge in [-0.05, 0) is 41.2 Å². The molecule has 0 saturated carbocycles. The van der Waals surface area contributed by atoms with Gasteiger partial charge in [0.05, 0.1) is 12.8 Å². The molecule has 2 rings (SSSR count). The lowest BCUT2D eigenvalue weighted by Crippen LogP contribution is -1.99. The molecule has 5 heteroatoms. The summed E-state index contributed by atoms with van der Waals surface area (Å²) in [6, 6.07) is 8.20. The van der Waals surface area contributed by atoms with Crippen molar-refractivity contribution in [3.63, 3.8) is 0 Å². The smallest absolute Gasteiger partial charge is 0.240 e. The lowest BCUT2D eigenvalue weighted by Gasteiger charge is -2.08. The minimum Gasteiger partial charge on any atom is -0.476 e. The van der Waals surface area contributed by atoms with E-state index < -0.39 is 0 Å². The molecule has 1 aromatic carbocycles. The first-order valence-electron chi connectivity index (χ1n) is 5.54. The molecule has 0 atom stereocenters. The Morgan fingerprint density at radius 1 is 1.28 bits per heavy atom. The van der Waals surface area contributed by atoms with Crippen molar-refractivity contribution in [2.24, 2.45) is 0 Å². The zero-order valence-electron chi connectivity index (χ0n) is 10.2.